The van der Waals surface area contributed by atoms with Crippen molar-refractivity contribution in [2.24, 2.45) is 0 Å². The van der Waals surface area contributed by atoms with Crippen molar-refractivity contribution in [2.45, 2.75) is 109 Å². The molecule has 2 nitrogen and oxygen atoms in total. The third-order valence-corrected chi connectivity index (χ3v) is 5.42. The summed E-state index contributed by atoms with van der Waals surface area (Å²) in [5, 5.41) is 0. The zero-order chi connectivity index (χ0) is 19.4. The van der Waals surface area contributed by atoms with Crippen LogP contribution in [0.4, 0.5) is 0 Å². The maximum Gasteiger partial charge on any atom is 0.305 e. The van der Waals surface area contributed by atoms with Crippen molar-refractivity contribution in [3.63, 3.8) is 0 Å². The van der Waals surface area contributed by atoms with Crippen molar-refractivity contribution >= 4 is 5.97 Å². The Labute approximate surface area is 168 Å². The highest BCUT2D eigenvalue weighted by Crippen LogP contribution is 2.14. The standard InChI is InChI=1S/C25H42O2/c1-27-25(26)23-19-14-12-10-8-6-4-2-3-5-7-9-11-13-16-20-24-21-17-15-18-22-24/h15,17-18,21-22H,2-14,16,19-20,23H2,1H3. The lowest BCUT2D eigenvalue weighted by Crippen LogP contribution is -1.99. The lowest BCUT2D eigenvalue weighted by molar-refractivity contribution is -0.140. The minimum absolute atomic E-state index is 0.0674. The van der Waals surface area contributed by atoms with Gasteiger partial charge in [-0.1, -0.05) is 114 Å². The fourth-order valence-electron chi connectivity index (χ4n) is 3.64. The summed E-state index contributed by atoms with van der Waals surface area (Å²) >= 11 is 0. The van der Waals surface area contributed by atoms with Gasteiger partial charge in [0.2, 0.25) is 0 Å². The van der Waals surface area contributed by atoms with Gasteiger partial charge < -0.3 is 4.74 Å². The molecule has 154 valence electrons. The lowest BCUT2D eigenvalue weighted by atomic mass is 10.0. The van der Waals surface area contributed by atoms with Crippen LogP contribution in [-0.2, 0) is 16.0 Å². The summed E-state index contributed by atoms with van der Waals surface area (Å²) in [6, 6.07) is 10.9. The van der Waals surface area contributed by atoms with Gasteiger partial charge in [0.15, 0.2) is 0 Å². The molecule has 0 aromatic heterocycles. The average molecular weight is 375 g/mol. The molecular formula is C25H42O2. The quantitative estimate of drug-likeness (QED) is 0.195. The van der Waals surface area contributed by atoms with E-state index in [1.807, 2.05) is 0 Å². The summed E-state index contributed by atoms with van der Waals surface area (Å²) < 4.78 is 4.65. The Balaban J connectivity index is 1.70. The molecular weight excluding hydrogens is 332 g/mol. The smallest absolute Gasteiger partial charge is 0.305 e. The number of carbonyl (C=O) groups is 1. The highest BCUT2D eigenvalue weighted by Gasteiger charge is 1.99. The summed E-state index contributed by atoms with van der Waals surface area (Å²) in [5.74, 6) is -0.0674. The van der Waals surface area contributed by atoms with Gasteiger partial charge in [-0.25, -0.2) is 0 Å². The summed E-state index contributed by atoms with van der Waals surface area (Å²) in [4.78, 5) is 11.0. The number of benzene rings is 1. The fraction of sp³-hybridized carbons (Fsp3) is 0.720. The molecule has 1 rings (SSSR count). The number of hydrogen-bond acceptors (Lipinski definition) is 2. The van der Waals surface area contributed by atoms with Crippen LogP contribution in [0.1, 0.15) is 108 Å². The van der Waals surface area contributed by atoms with Crippen LogP contribution < -0.4 is 0 Å². The first kappa shape index (κ1) is 23.7. The van der Waals surface area contributed by atoms with Crippen molar-refractivity contribution in [2.75, 3.05) is 7.11 Å². The van der Waals surface area contributed by atoms with Gasteiger partial charge in [0.25, 0.3) is 0 Å². The molecule has 0 bridgehead atoms. The maximum absolute atomic E-state index is 11.0. The van der Waals surface area contributed by atoms with Gasteiger partial charge in [-0.05, 0) is 24.8 Å². The highest BCUT2D eigenvalue weighted by atomic mass is 16.5. The Morgan fingerprint density at radius 3 is 1.48 bits per heavy atom. The minimum Gasteiger partial charge on any atom is -0.469 e. The largest absolute Gasteiger partial charge is 0.469 e. The van der Waals surface area contributed by atoms with E-state index in [2.05, 4.69) is 35.1 Å². The summed E-state index contributed by atoms with van der Waals surface area (Å²) in [7, 11) is 1.47. The van der Waals surface area contributed by atoms with Crippen molar-refractivity contribution in [1.29, 1.82) is 0 Å². The van der Waals surface area contributed by atoms with Crippen LogP contribution in [0.5, 0.6) is 0 Å². The molecule has 0 atom stereocenters. The minimum atomic E-state index is -0.0674. The van der Waals surface area contributed by atoms with E-state index in [1.54, 1.807) is 0 Å². The third kappa shape index (κ3) is 15.4. The van der Waals surface area contributed by atoms with Crippen LogP contribution in [0, 0.1) is 0 Å². The third-order valence-electron chi connectivity index (χ3n) is 5.42. The van der Waals surface area contributed by atoms with Crippen LogP contribution >= 0.6 is 0 Å². The number of ether oxygens (including phenoxy) is 1. The molecule has 0 unspecified atom stereocenters. The zero-order valence-corrected chi connectivity index (χ0v) is 17.7. The molecule has 1 aromatic rings. The van der Waals surface area contributed by atoms with Crippen LogP contribution in [0.15, 0.2) is 30.3 Å². The van der Waals surface area contributed by atoms with E-state index in [-0.39, 0.29) is 5.97 Å². The summed E-state index contributed by atoms with van der Waals surface area (Å²) in [5.41, 5.74) is 1.48. The molecule has 2 heteroatoms. The Kier molecular flexibility index (Phi) is 15.9. The average Bonchev–Trinajstić information content (AvgIpc) is 2.70. The number of carbonyl (C=O) groups excluding carboxylic acids is 1. The van der Waals surface area contributed by atoms with Crippen molar-refractivity contribution in [3.8, 4) is 0 Å². The Bertz CT molecular complexity index is 441. The van der Waals surface area contributed by atoms with E-state index in [9.17, 15) is 4.79 Å². The van der Waals surface area contributed by atoms with E-state index < -0.39 is 0 Å². The number of esters is 1. The molecule has 0 aliphatic carbocycles. The molecule has 0 spiro atoms. The van der Waals surface area contributed by atoms with E-state index in [4.69, 9.17) is 0 Å². The van der Waals surface area contributed by atoms with E-state index in [0.29, 0.717) is 6.42 Å². The van der Waals surface area contributed by atoms with E-state index in [0.717, 1.165) is 6.42 Å². The monoisotopic (exact) mass is 374 g/mol. The second-order valence-electron chi connectivity index (χ2n) is 7.87. The Hall–Kier alpha value is -1.31. The van der Waals surface area contributed by atoms with Gasteiger partial charge in [-0.2, -0.15) is 0 Å². The summed E-state index contributed by atoms with van der Waals surface area (Å²) in [6.45, 7) is 0. The number of rotatable bonds is 18. The van der Waals surface area contributed by atoms with Crippen molar-refractivity contribution in [1.82, 2.24) is 0 Å². The van der Waals surface area contributed by atoms with Crippen LogP contribution in [0.25, 0.3) is 0 Å². The number of hydrogen-bond donors (Lipinski definition) is 0. The first-order valence-corrected chi connectivity index (χ1v) is 11.4. The molecule has 0 saturated carbocycles. The molecule has 0 N–H and O–H groups in total. The number of unbranched alkanes of at least 4 members (excludes halogenated alkanes) is 14. The molecule has 0 amide bonds. The second-order valence-corrected chi connectivity index (χ2v) is 7.87. The van der Waals surface area contributed by atoms with E-state index >= 15 is 0 Å². The SMILES string of the molecule is COC(=O)CCCCCCCCCCCCCCCCCc1ccccc1. The predicted octanol–water partition coefficient (Wildman–Crippen LogP) is 7.64. The van der Waals surface area contributed by atoms with Gasteiger partial charge in [0.1, 0.15) is 0 Å². The second kappa shape index (κ2) is 18.1. The van der Waals surface area contributed by atoms with E-state index in [1.165, 1.54) is 109 Å². The topological polar surface area (TPSA) is 26.3 Å². The van der Waals surface area contributed by atoms with Crippen molar-refractivity contribution in [3.05, 3.63) is 35.9 Å². The van der Waals surface area contributed by atoms with Crippen LogP contribution in [0.2, 0.25) is 0 Å². The predicted molar refractivity (Wildman–Crippen MR) is 116 cm³/mol. The zero-order valence-electron chi connectivity index (χ0n) is 17.7. The van der Waals surface area contributed by atoms with Crippen molar-refractivity contribution < 1.29 is 9.53 Å². The highest BCUT2D eigenvalue weighted by molar-refractivity contribution is 5.68. The van der Waals surface area contributed by atoms with Crippen LogP contribution in [-0.4, -0.2) is 13.1 Å². The van der Waals surface area contributed by atoms with Gasteiger partial charge in [-0.15, -0.1) is 0 Å². The Morgan fingerprint density at radius 1 is 0.630 bits per heavy atom. The molecule has 0 saturated heterocycles. The molecule has 0 aliphatic rings. The molecule has 0 fully saturated rings. The van der Waals surface area contributed by atoms with Gasteiger partial charge in [0, 0.05) is 6.42 Å². The Morgan fingerprint density at radius 2 is 1.04 bits per heavy atom. The first-order chi connectivity index (χ1) is 13.3. The van der Waals surface area contributed by atoms with Gasteiger partial charge in [0.05, 0.1) is 7.11 Å². The molecule has 0 aliphatic heterocycles. The molecule has 1 aromatic carbocycles. The fourth-order valence-corrected chi connectivity index (χ4v) is 3.64. The normalized spacial score (nSPS) is 10.9. The molecule has 0 heterocycles. The number of aryl methyl sites for hydroxylation is 1. The number of methoxy groups -OCH3 is 1. The van der Waals surface area contributed by atoms with Crippen LogP contribution in [0.3, 0.4) is 0 Å². The molecule has 27 heavy (non-hydrogen) atoms. The maximum atomic E-state index is 11.0. The summed E-state index contributed by atoms with van der Waals surface area (Å²) in [6.07, 6.45) is 21.9. The molecule has 0 radical (unpaired) electrons. The first-order valence-electron chi connectivity index (χ1n) is 11.4. The van der Waals surface area contributed by atoms with Gasteiger partial charge in [-0.3, -0.25) is 4.79 Å². The van der Waals surface area contributed by atoms with Gasteiger partial charge >= 0.3 is 5.97 Å². The lowest BCUT2D eigenvalue weighted by Gasteiger charge is -2.04.